The number of anilines is 1. The van der Waals surface area contributed by atoms with Crippen LogP contribution in [0.15, 0.2) is 54.9 Å². The smallest absolute Gasteiger partial charge is 0.325 e. The highest BCUT2D eigenvalue weighted by Crippen LogP contribution is 2.31. The van der Waals surface area contributed by atoms with E-state index in [0.29, 0.717) is 11.8 Å². The zero-order valence-corrected chi connectivity index (χ0v) is 21.3. The van der Waals surface area contributed by atoms with Gasteiger partial charge >= 0.3 is 6.03 Å². The van der Waals surface area contributed by atoms with Crippen molar-refractivity contribution in [3.8, 4) is 11.8 Å². The summed E-state index contributed by atoms with van der Waals surface area (Å²) in [5.74, 6) is 3.18. The summed E-state index contributed by atoms with van der Waals surface area (Å²) in [5.41, 5.74) is -0.503. The summed E-state index contributed by atoms with van der Waals surface area (Å²) < 4.78 is 31.8. The van der Waals surface area contributed by atoms with E-state index in [2.05, 4.69) is 16.9 Å². The predicted molar refractivity (Wildman–Crippen MR) is 137 cm³/mol. The maximum Gasteiger partial charge on any atom is 0.325 e. The molecular weight excluding hydrogens is 492 g/mol. The molecule has 0 radical (unpaired) electrons. The van der Waals surface area contributed by atoms with Crippen molar-refractivity contribution in [3.63, 3.8) is 0 Å². The lowest BCUT2D eigenvalue weighted by Gasteiger charge is -2.47. The van der Waals surface area contributed by atoms with Crippen LogP contribution in [0.4, 0.5) is 19.3 Å². The van der Waals surface area contributed by atoms with Gasteiger partial charge in [0.15, 0.2) is 11.6 Å². The first-order valence-electron chi connectivity index (χ1n) is 12.0. The molecule has 2 heterocycles. The summed E-state index contributed by atoms with van der Waals surface area (Å²) in [7, 11) is 2.99. The van der Waals surface area contributed by atoms with Crippen molar-refractivity contribution in [1.82, 2.24) is 19.6 Å². The van der Waals surface area contributed by atoms with Crippen LogP contribution in [-0.2, 0) is 23.2 Å². The Labute approximate surface area is 219 Å². The fourth-order valence-electron chi connectivity index (χ4n) is 4.52. The minimum atomic E-state index is -1.53. The van der Waals surface area contributed by atoms with Gasteiger partial charge in [0.25, 0.3) is 0 Å². The molecule has 1 fully saturated rings. The second-order valence-corrected chi connectivity index (χ2v) is 9.29. The van der Waals surface area contributed by atoms with E-state index in [9.17, 15) is 14.4 Å². The highest BCUT2D eigenvalue weighted by atomic mass is 19.1. The maximum atomic E-state index is 15.1. The molecule has 2 aromatic carbocycles. The Hall–Kier alpha value is -4.52. The Balaban J connectivity index is 1.57. The predicted octanol–water partition coefficient (Wildman–Crippen LogP) is 3.35. The molecule has 0 spiro atoms. The third-order valence-corrected chi connectivity index (χ3v) is 6.54. The number of nitrogens with zero attached hydrogens (tertiary/aromatic N) is 5. The van der Waals surface area contributed by atoms with Crippen molar-refractivity contribution < 1.29 is 23.2 Å². The van der Waals surface area contributed by atoms with E-state index in [0.717, 1.165) is 22.6 Å². The summed E-state index contributed by atoms with van der Waals surface area (Å²) in [4.78, 5) is 42.1. The minimum absolute atomic E-state index is 0.0728. The molecule has 3 amide bonds. The molecule has 8 nitrogen and oxygen atoms in total. The number of aryl methyl sites for hydroxylation is 1. The lowest BCUT2D eigenvalue weighted by atomic mass is 9.91. The van der Waals surface area contributed by atoms with E-state index < -0.39 is 34.8 Å². The minimum Gasteiger partial charge on any atom is -0.334 e. The number of halogens is 2. The molecule has 1 atom stereocenters. The Morgan fingerprint density at radius 2 is 1.79 bits per heavy atom. The molecule has 3 aromatic rings. The largest absolute Gasteiger partial charge is 0.334 e. The number of aldehydes is 1. The SMILES string of the molecule is CN(C(=O)N1CCN(Cc2cnn(C)c2)C(=O)C1(C)CC=O)c1c(F)cc(C#Cc2ccccc2)cc1F. The summed E-state index contributed by atoms with van der Waals surface area (Å²) in [6, 6.07) is 10.3. The van der Waals surface area contributed by atoms with E-state index in [1.54, 1.807) is 53.3 Å². The number of piperazine rings is 1. The third kappa shape index (κ3) is 5.27. The Morgan fingerprint density at radius 3 is 2.39 bits per heavy atom. The molecule has 1 saturated heterocycles. The first-order valence-corrected chi connectivity index (χ1v) is 12.0. The lowest BCUT2D eigenvalue weighted by molar-refractivity contribution is -0.149. The van der Waals surface area contributed by atoms with Crippen molar-refractivity contribution in [2.45, 2.75) is 25.4 Å². The molecule has 0 aliphatic carbocycles. The zero-order valence-electron chi connectivity index (χ0n) is 21.3. The number of amides is 3. The van der Waals surface area contributed by atoms with Gasteiger partial charge in [-0.15, -0.1) is 0 Å². The second kappa shape index (κ2) is 10.8. The van der Waals surface area contributed by atoms with Crippen LogP contribution >= 0.6 is 0 Å². The van der Waals surface area contributed by atoms with Crippen molar-refractivity contribution in [3.05, 3.63) is 83.2 Å². The van der Waals surface area contributed by atoms with Crippen LogP contribution in [0.5, 0.6) is 0 Å². The fraction of sp³-hybridized carbons (Fsp3) is 0.286. The Kier molecular flexibility index (Phi) is 7.57. The number of aromatic nitrogens is 2. The number of urea groups is 1. The summed E-state index contributed by atoms with van der Waals surface area (Å²) in [6.45, 7) is 2.00. The van der Waals surface area contributed by atoms with Gasteiger partial charge in [-0.1, -0.05) is 30.0 Å². The Bertz CT molecular complexity index is 1410. The molecule has 38 heavy (non-hydrogen) atoms. The molecule has 1 unspecified atom stereocenters. The van der Waals surface area contributed by atoms with E-state index in [1.807, 2.05) is 6.07 Å². The second-order valence-electron chi connectivity index (χ2n) is 9.29. The van der Waals surface area contributed by atoms with Crippen molar-refractivity contribution >= 4 is 23.9 Å². The van der Waals surface area contributed by atoms with Crippen LogP contribution in [0.25, 0.3) is 0 Å². The number of rotatable bonds is 5. The molecule has 0 saturated carbocycles. The molecule has 1 aliphatic heterocycles. The van der Waals surface area contributed by atoms with E-state index in [1.165, 1.54) is 18.9 Å². The molecule has 10 heteroatoms. The van der Waals surface area contributed by atoms with Gasteiger partial charge in [-0.05, 0) is 31.2 Å². The number of hydrogen-bond acceptors (Lipinski definition) is 4. The van der Waals surface area contributed by atoms with E-state index in [4.69, 9.17) is 0 Å². The van der Waals surface area contributed by atoms with Gasteiger partial charge in [-0.25, -0.2) is 13.6 Å². The quantitative estimate of drug-likeness (QED) is 0.383. The average Bonchev–Trinajstić information content (AvgIpc) is 3.30. The van der Waals surface area contributed by atoms with Gasteiger partial charge in [0.2, 0.25) is 5.91 Å². The van der Waals surface area contributed by atoms with Gasteiger partial charge in [-0.2, -0.15) is 5.10 Å². The Morgan fingerprint density at radius 1 is 1.13 bits per heavy atom. The van der Waals surface area contributed by atoms with Gasteiger partial charge < -0.3 is 14.6 Å². The van der Waals surface area contributed by atoms with Crippen LogP contribution in [0, 0.1) is 23.5 Å². The van der Waals surface area contributed by atoms with E-state index >= 15 is 8.78 Å². The van der Waals surface area contributed by atoms with Crippen LogP contribution < -0.4 is 4.90 Å². The number of carbonyl (C=O) groups is 3. The summed E-state index contributed by atoms with van der Waals surface area (Å²) >= 11 is 0. The average molecular weight is 520 g/mol. The normalized spacial score (nSPS) is 17.1. The van der Waals surface area contributed by atoms with Crippen LogP contribution in [0.2, 0.25) is 0 Å². The topological polar surface area (TPSA) is 78.8 Å². The molecule has 4 rings (SSSR count). The molecule has 196 valence electrons. The third-order valence-electron chi connectivity index (χ3n) is 6.54. The van der Waals surface area contributed by atoms with Crippen LogP contribution in [0.1, 0.15) is 30.0 Å². The highest BCUT2D eigenvalue weighted by molar-refractivity contribution is 5.99. The fourth-order valence-corrected chi connectivity index (χ4v) is 4.52. The number of hydrogen-bond donors (Lipinski definition) is 0. The zero-order chi connectivity index (χ0) is 27.4. The number of benzene rings is 2. The summed E-state index contributed by atoms with van der Waals surface area (Å²) in [5, 5.41) is 4.10. The van der Waals surface area contributed by atoms with Gasteiger partial charge in [0, 0.05) is 63.0 Å². The van der Waals surface area contributed by atoms with E-state index in [-0.39, 0.29) is 31.6 Å². The summed E-state index contributed by atoms with van der Waals surface area (Å²) in [6.07, 6.45) is 3.70. The highest BCUT2D eigenvalue weighted by Gasteiger charge is 2.48. The van der Waals surface area contributed by atoms with Gasteiger partial charge in [0.05, 0.1) is 6.20 Å². The maximum absolute atomic E-state index is 15.1. The number of carbonyl (C=O) groups excluding carboxylic acids is 3. The molecule has 0 bridgehead atoms. The van der Waals surface area contributed by atoms with Crippen LogP contribution in [-0.4, -0.2) is 63.5 Å². The first kappa shape index (κ1) is 26.5. The lowest BCUT2D eigenvalue weighted by Crippen LogP contribution is -2.67. The molecule has 0 N–H and O–H groups in total. The van der Waals surface area contributed by atoms with Crippen molar-refractivity contribution in [2.24, 2.45) is 7.05 Å². The first-order chi connectivity index (χ1) is 18.1. The molecule has 1 aliphatic rings. The van der Waals surface area contributed by atoms with Crippen LogP contribution in [0.3, 0.4) is 0 Å². The monoisotopic (exact) mass is 519 g/mol. The van der Waals surface area contributed by atoms with Crippen molar-refractivity contribution in [1.29, 1.82) is 0 Å². The standard InChI is InChI=1S/C28H27F2N5O3/c1-28(11-14-36)26(37)34(19-22-17-31-32(2)18-22)12-13-35(28)27(38)33(3)25-23(29)15-21(16-24(25)30)10-9-20-7-5-4-6-8-20/h4-8,14-18H,11-13,19H2,1-3H3. The van der Waals surface area contributed by atoms with Crippen molar-refractivity contribution in [2.75, 3.05) is 25.0 Å². The molecule has 1 aromatic heterocycles. The molecular formula is C28H27F2N5O3. The van der Waals surface area contributed by atoms with Gasteiger partial charge in [-0.3, -0.25) is 14.4 Å². The van der Waals surface area contributed by atoms with Gasteiger partial charge in [0.1, 0.15) is 17.5 Å².